The number of nitrogens with two attached hydrogens (primary N) is 1. The Labute approximate surface area is 111 Å². The Morgan fingerprint density at radius 2 is 2.22 bits per heavy atom. The smallest absolute Gasteiger partial charge is 0.237 e. The van der Waals surface area contributed by atoms with Crippen molar-refractivity contribution in [3.8, 4) is 5.88 Å². The molecule has 0 radical (unpaired) electrons. The predicted molar refractivity (Wildman–Crippen MR) is 71.7 cm³/mol. The van der Waals surface area contributed by atoms with Gasteiger partial charge >= 0.3 is 0 Å². The van der Waals surface area contributed by atoms with E-state index in [9.17, 15) is 4.79 Å². The second-order valence-corrected chi connectivity index (χ2v) is 5.12. The predicted octanol–water partition coefficient (Wildman–Crippen LogP) is 1.39. The summed E-state index contributed by atoms with van der Waals surface area (Å²) >= 11 is 1.42. The average molecular weight is 267 g/mol. The highest BCUT2D eigenvalue weighted by Crippen LogP contribution is 2.24. The number of methoxy groups -OCH3 is 1. The van der Waals surface area contributed by atoms with Crippen LogP contribution in [0.3, 0.4) is 0 Å². The van der Waals surface area contributed by atoms with E-state index >= 15 is 0 Å². The van der Waals surface area contributed by atoms with Gasteiger partial charge in [-0.3, -0.25) is 4.79 Å². The van der Waals surface area contributed by atoms with Crippen molar-refractivity contribution in [1.82, 2.24) is 9.88 Å². The number of rotatable bonds is 4. The first-order valence-corrected chi connectivity index (χ1v) is 6.90. The fraction of sp³-hybridized carbons (Fsp3) is 0.500. The van der Waals surface area contributed by atoms with Crippen molar-refractivity contribution < 1.29 is 9.53 Å². The van der Waals surface area contributed by atoms with E-state index in [1.807, 2.05) is 4.90 Å². The summed E-state index contributed by atoms with van der Waals surface area (Å²) in [5, 5.41) is 0.758. The van der Waals surface area contributed by atoms with Crippen LogP contribution in [0.25, 0.3) is 0 Å². The van der Waals surface area contributed by atoms with E-state index in [-0.39, 0.29) is 5.91 Å². The molecule has 6 heteroatoms. The Balaban J connectivity index is 1.91. The number of hydrogen-bond donors (Lipinski definition) is 1. The zero-order valence-corrected chi connectivity index (χ0v) is 11.2. The summed E-state index contributed by atoms with van der Waals surface area (Å²) in [6.45, 7) is 1.77. The molecule has 0 atom stereocenters. The Morgan fingerprint density at radius 1 is 1.50 bits per heavy atom. The lowest BCUT2D eigenvalue weighted by Gasteiger charge is -2.14. The summed E-state index contributed by atoms with van der Waals surface area (Å²) < 4.78 is 5.05. The van der Waals surface area contributed by atoms with Gasteiger partial charge in [0.25, 0.3) is 0 Å². The van der Waals surface area contributed by atoms with E-state index in [4.69, 9.17) is 10.5 Å². The number of likely N-dealkylation sites (tertiary alicyclic amines) is 1. The van der Waals surface area contributed by atoms with Crippen LogP contribution in [0, 0.1) is 0 Å². The molecule has 2 heterocycles. The molecular weight excluding hydrogens is 250 g/mol. The van der Waals surface area contributed by atoms with Crippen LogP contribution in [0.4, 0.5) is 5.69 Å². The molecule has 1 aliphatic heterocycles. The summed E-state index contributed by atoms with van der Waals surface area (Å²) in [7, 11) is 1.53. The number of hydrogen-bond acceptors (Lipinski definition) is 5. The van der Waals surface area contributed by atoms with E-state index in [0.29, 0.717) is 17.3 Å². The number of ether oxygens (including phenoxy) is 1. The lowest BCUT2D eigenvalue weighted by Crippen LogP contribution is -2.29. The molecule has 1 aliphatic rings. The van der Waals surface area contributed by atoms with E-state index in [1.54, 1.807) is 12.1 Å². The lowest BCUT2D eigenvalue weighted by molar-refractivity contribution is -0.127. The molecule has 1 fully saturated rings. The quantitative estimate of drug-likeness (QED) is 0.835. The van der Waals surface area contributed by atoms with Gasteiger partial charge in [-0.15, -0.1) is 0 Å². The molecule has 0 aromatic carbocycles. The highest BCUT2D eigenvalue weighted by Gasteiger charge is 2.18. The van der Waals surface area contributed by atoms with Crippen LogP contribution in [0.5, 0.6) is 5.88 Å². The number of amides is 1. The Hall–Kier alpha value is -1.43. The van der Waals surface area contributed by atoms with Crippen LogP contribution in [-0.4, -0.2) is 41.7 Å². The maximum Gasteiger partial charge on any atom is 0.237 e. The monoisotopic (exact) mass is 267 g/mol. The Bertz CT molecular complexity index is 433. The maximum atomic E-state index is 11.9. The zero-order chi connectivity index (χ0) is 13.0. The normalized spacial score (nSPS) is 14.8. The molecule has 0 unspecified atom stereocenters. The van der Waals surface area contributed by atoms with Gasteiger partial charge in [0.1, 0.15) is 5.03 Å². The van der Waals surface area contributed by atoms with Crippen molar-refractivity contribution in [2.75, 3.05) is 31.7 Å². The number of anilines is 1. The van der Waals surface area contributed by atoms with Crippen LogP contribution in [-0.2, 0) is 4.79 Å². The third kappa shape index (κ3) is 3.07. The van der Waals surface area contributed by atoms with Gasteiger partial charge in [0, 0.05) is 13.1 Å². The molecule has 1 aromatic rings. The van der Waals surface area contributed by atoms with Gasteiger partial charge in [0.15, 0.2) is 0 Å². The summed E-state index contributed by atoms with van der Waals surface area (Å²) in [4.78, 5) is 18.0. The number of carbonyl (C=O) groups is 1. The molecule has 1 saturated heterocycles. The number of aromatic nitrogens is 1. The van der Waals surface area contributed by atoms with Crippen molar-refractivity contribution in [2.24, 2.45) is 0 Å². The van der Waals surface area contributed by atoms with Gasteiger partial charge < -0.3 is 15.4 Å². The molecule has 1 amide bonds. The number of nitrogen functional groups attached to an aromatic ring is 1. The van der Waals surface area contributed by atoms with Crippen LogP contribution in [0.15, 0.2) is 17.2 Å². The second-order valence-electron chi connectivity index (χ2n) is 4.12. The molecule has 1 aromatic heterocycles. The third-order valence-corrected chi connectivity index (χ3v) is 3.77. The standard InChI is InChI=1S/C12H17N3O2S/c1-17-12-9(13)4-5-10(14-12)18-8-11(16)15-6-2-3-7-15/h4-5H,2-3,6-8,13H2,1H3. The van der Waals surface area contributed by atoms with Crippen LogP contribution >= 0.6 is 11.8 Å². The van der Waals surface area contributed by atoms with Gasteiger partial charge in [-0.25, -0.2) is 4.98 Å². The molecule has 0 bridgehead atoms. The largest absolute Gasteiger partial charge is 0.480 e. The summed E-state index contributed by atoms with van der Waals surface area (Å²) in [6.07, 6.45) is 2.23. The van der Waals surface area contributed by atoms with Gasteiger partial charge in [-0.2, -0.15) is 0 Å². The second kappa shape index (κ2) is 5.95. The van der Waals surface area contributed by atoms with E-state index in [2.05, 4.69) is 4.98 Å². The number of thioether (sulfide) groups is 1. The fourth-order valence-corrected chi connectivity index (χ4v) is 2.64. The molecule has 18 heavy (non-hydrogen) atoms. The minimum absolute atomic E-state index is 0.176. The summed E-state index contributed by atoms with van der Waals surface area (Å²) in [6, 6.07) is 3.55. The highest BCUT2D eigenvalue weighted by molar-refractivity contribution is 7.99. The van der Waals surface area contributed by atoms with Crippen molar-refractivity contribution in [2.45, 2.75) is 17.9 Å². The number of nitrogens with zero attached hydrogens (tertiary/aromatic N) is 2. The third-order valence-electron chi connectivity index (χ3n) is 2.86. The summed E-state index contributed by atoms with van der Waals surface area (Å²) in [5.41, 5.74) is 6.19. The minimum atomic E-state index is 0.176. The topological polar surface area (TPSA) is 68.5 Å². The van der Waals surface area contributed by atoms with Crippen LogP contribution < -0.4 is 10.5 Å². The van der Waals surface area contributed by atoms with Gasteiger partial charge in [-0.1, -0.05) is 11.8 Å². The maximum absolute atomic E-state index is 11.9. The summed E-state index contributed by atoms with van der Waals surface area (Å²) in [5.74, 6) is 1.00. The van der Waals surface area contributed by atoms with Crippen molar-refractivity contribution >= 4 is 23.4 Å². The SMILES string of the molecule is COc1nc(SCC(=O)N2CCCC2)ccc1N. The van der Waals surface area contributed by atoms with E-state index in [0.717, 1.165) is 31.0 Å². The molecule has 0 spiro atoms. The fourth-order valence-electron chi connectivity index (χ4n) is 1.87. The lowest BCUT2D eigenvalue weighted by atomic mass is 10.4. The van der Waals surface area contributed by atoms with Crippen LogP contribution in [0.1, 0.15) is 12.8 Å². The minimum Gasteiger partial charge on any atom is -0.480 e. The van der Waals surface area contributed by atoms with Crippen molar-refractivity contribution in [3.63, 3.8) is 0 Å². The molecule has 2 N–H and O–H groups in total. The van der Waals surface area contributed by atoms with Crippen LogP contribution in [0.2, 0.25) is 0 Å². The van der Waals surface area contributed by atoms with Gasteiger partial charge in [-0.05, 0) is 25.0 Å². The Kier molecular flexibility index (Phi) is 4.30. The van der Waals surface area contributed by atoms with Gasteiger partial charge in [0.05, 0.1) is 18.6 Å². The first-order valence-electron chi connectivity index (χ1n) is 5.92. The first-order chi connectivity index (χ1) is 8.70. The van der Waals surface area contributed by atoms with Crippen molar-refractivity contribution in [3.05, 3.63) is 12.1 Å². The number of pyridine rings is 1. The zero-order valence-electron chi connectivity index (χ0n) is 10.4. The molecule has 2 rings (SSSR count). The van der Waals surface area contributed by atoms with E-state index in [1.165, 1.54) is 18.9 Å². The van der Waals surface area contributed by atoms with Crippen molar-refractivity contribution in [1.29, 1.82) is 0 Å². The van der Waals surface area contributed by atoms with E-state index < -0.39 is 0 Å². The molecule has 0 saturated carbocycles. The molecule has 98 valence electrons. The number of carbonyl (C=O) groups excluding carboxylic acids is 1. The Morgan fingerprint density at radius 3 is 2.89 bits per heavy atom. The molecule has 0 aliphatic carbocycles. The molecular formula is C12H17N3O2S. The highest BCUT2D eigenvalue weighted by atomic mass is 32.2. The van der Waals surface area contributed by atoms with Gasteiger partial charge in [0.2, 0.25) is 11.8 Å². The first kappa shape index (κ1) is 13.0. The molecule has 5 nitrogen and oxygen atoms in total. The average Bonchev–Trinajstić information content (AvgIpc) is 2.91.